The van der Waals surface area contributed by atoms with E-state index in [4.69, 9.17) is 9.15 Å². The van der Waals surface area contributed by atoms with Crippen LogP contribution in [0.15, 0.2) is 70.2 Å². The Kier molecular flexibility index (Phi) is 4.67. The van der Waals surface area contributed by atoms with E-state index in [1.54, 1.807) is 0 Å². The van der Waals surface area contributed by atoms with E-state index in [1.165, 1.54) is 30.5 Å². The summed E-state index contributed by atoms with van der Waals surface area (Å²) >= 11 is 0. The van der Waals surface area contributed by atoms with Crippen molar-refractivity contribution in [3.8, 4) is 11.5 Å². The van der Waals surface area contributed by atoms with Crippen molar-refractivity contribution in [3.63, 3.8) is 0 Å². The van der Waals surface area contributed by atoms with E-state index in [1.807, 2.05) is 30.3 Å². The number of aromatic nitrogens is 1. The molecule has 2 aromatic carbocycles. The summed E-state index contributed by atoms with van der Waals surface area (Å²) in [6.07, 6.45) is 2.50. The number of oxazole rings is 1. The average Bonchev–Trinajstić information content (AvgIpc) is 3.09. The van der Waals surface area contributed by atoms with Crippen LogP contribution in [0.1, 0.15) is 16.1 Å². The van der Waals surface area contributed by atoms with Crippen LogP contribution in [0.2, 0.25) is 0 Å². The fourth-order valence-electron chi connectivity index (χ4n) is 2.16. The molecular formula is C18H15NO5S. The number of hydrogen-bond donors (Lipinski definition) is 0. The first-order chi connectivity index (χ1) is 11.9. The monoisotopic (exact) mass is 357 g/mol. The molecule has 0 bridgehead atoms. The number of benzene rings is 2. The third kappa shape index (κ3) is 4.13. The van der Waals surface area contributed by atoms with Crippen LogP contribution < -0.4 is 0 Å². The molecule has 0 saturated heterocycles. The lowest BCUT2D eigenvalue weighted by Crippen LogP contribution is -2.07. The summed E-state index contributed by atoms with van der Waals surface area (Å²) in [4.78, 5) is 16.4. The molecule has 128 valence electrons. The Labute approximate surface area is 145 Å². The maximum Gasteiger partial charge on any atom is 0.338 e. The summed E-state index contributed by atoms with van der Waals surface area (Å²) in [7, 11) is -3.39. The highest BCUT2D eigenvalue weighted by molar-refractivity contribution is 7.90. The molecular weight excluding hydrogens is 342 g/mol. The van der Waals surface area contributed by atoms with E-state index in [9.17, 15) is 13.2 Å². The maximum absolute atomic E-state index is 12.1. The molecule has 1 aromatic heterocycles. The predicted molar refractivity (Wildman–Crippen MR) is 90.6 cm³/mol. The highest BCUT2D eigenvalue weighted by Gasteiger charge is 2.14. The Morgan fingerprint density at radius 3 is 2.60 bits per heavy atom. The molecule has 0 aliphatic rings. The molecule has 6 nitrogen and oxygen atoms in total. The zero-order valence-electron chi connectivity index (χ0n) is 13.4. The van der Waals surface area contributed by atoms with E-state index in [-0.39, 0.29) is 17.1 Å². The molecule has 0 saturated carbocycles. The zero-order chi connectivity index (χ0) is 17.9. The molecule has 0 aliphatic heterocycles. The van der Waals surface area contributed by atoms with E-state index in [0.29, 0.717) is 11.6 Å². The number of ether oxygens (including phenoxy) is 1. The molecule has 1 heterocycles. The molecule has 3 aromatic rings. The summed E-state index contributed by atoms with van der Waals surface area (Å²) < 4.78 is 33.6. The predicted octanol–water partition coefficient (Wildman–Crippen LogP) is 3.10. The van der Waals surface area contributed by atoms with Gasteiger partial charge in [0.25, 0.3) is 0 Å². The van der Waals surface area contributed by atoms with Crippen molar-refractivity contribution >= 4 is 15.8 Å². The second kappa shape index (κ2) is 6.90. The van der Waals surface area contributed by atoms with Crippen molar-refractivity contribution in [2.24, 2.45) is 0 Å². The number of hydrogen-bond acceptors (Lipinski definition) is 6. The SMILES string of the molecule is CS(=O)(=O)c1cccc(C(=O)OCc2coc(-c3ccccc3)n2)c1. The lowest BCUT2D eigenvalue weighted by molar-refractivity contribution is 0.0467. The van der Waals surface area contributed by atoms with Crippen molar-refractivity contribution in [3.05, 3.63) is 72.1 Å². The van der Waals surface area contributed by atoms with Gasteiger partial charge in [0, 0.05) is 11.8 Å². The summed E-state index contributed by atoms with van der Waals surface area (Å²) in [6.45, 7) is -0.0712. The van der Waals surface area contributed by atoms with Crippen molar-refractivity contribution in [1.29, 1.82) is 0 Å². The van der Waals surface area contributed by atoms with Gasteiger partial charge in [0.15, 0.2) is 9.84 Å². The topological polar surface area (TPSA) is 86.5 Å². The number of carbonyl (C=O) groups is 1. The molecule has 0 radical (unpaired) electrons. The van der Waals surface area contributed by atoms with Crippen LogP contribution in [0.5, 0.6) is 0 Å². The van der Waals surface area contributed by atoms with Gasteiger partial charge in [0.1, 0.15) is 18.6 Å². The third-order valence-electron chi connectivity index (χ3n) is 3.42. The number of sulfone groups is 1. The molecule has 0 fully saturated rings. The molecule has 0 amide bonds. The minimum atomic E-state index is -3.39. The van der Waals surface area contributed by atoms with Crippen LogP contribution in [0.25, 0.3) is 11.5 Å². The van der Waals surface area contributed by atoms with E-state index in [0.717, 1.165) is 11.8 Å². The summed E-state index contributed by atoms with van der Waals surface area (Å²) in [5, 5.41) is 0. The Hall–Kier alpha value is -2.93. The van der Waals surface area contributed by atoms with Gasteiger partial charge in [-0.3, -0.25) is 0 Å². The first kappa shape index (κ1) is 16.9. The Bertz CT molecular complexity index is 993. The second-order valence-corrected chi connectivity index (χ2v) is 7.40. The van der Waals surface area contributed by atoms with Crippen molar-refractivity contribution in [1.82, 2.24) is 4.98 Å². The average molecular weight is 357 g/mol. The third-order valence-corrected chi connectivity index (χ3v) is 4.53. The molecule has 0 atom stereocenters. The van der Waals surface area contributed by atoms with Gasteiger partial charge in [-0.25, -0.2) is 18.2 Å². The van der Waals surface area contributed by atoms with Gasteiger partial charge in [-0.15, -0.1) is 0 Å². The highest BCUT2D eigenvalue weighted by Crippen LogP contribution is 2.19. The van der Waals surface area contributed by atoms with Gasteiger partial charge in [-0.2, -0.15) is 0 Å². The summed E-state index contributed by atoms with van der Waals surface area (Å²) in [6, 6.07) is 15.1. The Balaban J connectivity index is 1.68. The highest BCUT2D eigenvalue weighted by atomic mass is 32.2. The smallest absolute Gasteiger partial charge is 0.338 e. The quantitative estimate of drug-likeness (QED) is 0.652. The fraction of sp³-hybridized carbons (Fsp3) is 0.111. The minimum Gasteiger partial charge on any atom is -0.455 e. The number of nitrogens with zero attached hydrogens (tertiary/aromatic N) is 1. The molecule has 3 rings (SSSR count). The second-order valence-electron chi connectivity index (χ2n) is 5.39. The lowest BCUT2D eigenvalue weighted by Gasteiger charge is -2.04. The summed E-state index contributed by atoms with van der Waals surface area (Å²) in [5.41, 5.74) is 1.45. The van der Waals surface area contributed by atoms with Gasteiger partial charge in [-0.05, 0) is 30.3 Å². The van der Waals surface area contributed by atoms with Crippen LogP contribution in [0.3, 0.4) is 0 Å². The van der Waals surface area contributed by atoms with Crippen LogP contribution in [-0.2, 0) is 21.2 Å². The van der Waals surface area contributed by atoms with Crippen LogP contribution in [-0.4, -0.2) is 25.6 Å². The van der Waals surface area contributed by atoms with E-state index >= 15 is 0 Å². The van der Waals surface area contributed by atoms with Crippen LogP contribution in [0, 0.1) is 0 Å². The van der Waals surface area contributed by atoms with Crippen LogP contribution >= 0.6 is 0 Å². The standard InChI is InChI=1S/C18H15NO5S/c1-25(21,22)16-9-5-8-14(10-16)18(20)24-12-15-11-23-17(19-15)13-6-3-2-4-7-13/h2-11H,12H2,1H3. The molecule has 0 spiro atoms. The molecule has 0 unspecified atom stereocenters. The largest absolute Gasteiger partial charge is 0.455 e. The zero-order valence-corrected chi connectivity index (χ0v) is 14.2. The number of esters is 1. The molecule has 0 N–H and O–H groups in total. The van der Waals surface area contributed by atoms with Gasteiger partial charge in [0.2, 0.25) is 5.89 Å². The van der Waals surface area contributed by atoms with Crippen LogP contribution in [0.4, 0.5) is 0 Å². The van der Waals surface area contributed by atoms with E-state index in [2.05, 4.69) is 4.98 Å². The maximum atomic E-state index is 12.1. The first-order valence-electron chi connectivity index (χ1n) is 7.40. The molecule has 0 aliphatic carbocycles. The number of carbonyl (C=O) groups excluding carboxylic acids is 1. The van der Waals surface area contributed by atoms with Gasteiger partial charge in [0.05, 0.1) is 10.5 Å². The van der Waals surface area contributed by atoms with Gasteiger partial charge < -0.3 is 9.15 Å². The Morgan fingerprint density at radius 1 is 1.12 bits per heavy atom. The van der Waals surface area contributed by atoms with Crippen molar-refractivity contribution in [2.75, 3.05) is 6.26 Å². The Morgan fingerprint density at radius 2 is 1.88 bits per heavy atom. The van der Waals surface area contributed by atoms with Crippen molar-refractivity contribution < 1.29 is 22.4 Å². The van der Waals surface area contributed by atoms with E-state index < -0.39 is 15.8 Å². The molecule has 25 heavy (non-hydrogen) atoms. The van der Waals surface area contributed by atoms with Crippen molar-refractivity contribution in [2.45, 2.75) is 11.5 Å². The minimum absolute atomic E-state index is 0.0646. The van der Waals surface area contributed by atoms with Gasteiger partial charge in [-0.1, -0.05) is 24.3 Å². The summed E-state index contributed by atoms with van der Waals surface area (Å²) in [5.74, 6) is -0.194. The fourth-order valence-corrected chi connectivity index (χ4v) is 2.83. The normalized spacial score (nSPS) is 11.2. The lowest BCUT2D eigenvalue weighted by atomic mass is 10.2. The molecule has 7 heteroatoms. The van der Waals surface area contributed by atoms with Gasteiger partial charge >= 0.3 is 5.97 Å². The number of rotatable bonds is 5. The first-order valence-corrected chi connectivity index (χ1v) is 9.30.